The minimum absolute atomic E-state index is 0.103. The van der Waals surface area contributed by atoms with E-state index in [0.29, 0.717) is 5.56 Å². The number of aliphatic hydroxyl groups is 1. The van der Waals surface area contributed by atoms with Gasteiger partial charge in [-0.15, -0.1) is 0 Å². The zero-order chi connectivity index (χ0) is 12.6. The average Bonchev–Trinajstić information content (AvgIpc) is 2.26. The molecule has 0 radical (unpaired) electrons. The van der Waals surface area contributed by atoms with E-state index in [1.165, 1.54) is 5.56 Å². The third-order valence-corrected chi connectivity index (χ3v) is 3.07. The van der Waals surface area contributed by atoms with E-state index in [1.807, 2.05) is 12.1 Å². The number of aliphatic hydroxyl groups excluding tert-OH is 1. The van der Waals surface area contributed by atoms with Crippen LogP contribution < -0.4 is 0 Å². The summed E-state index contributed by atoms with van der Waals surface area (Å²) >= 11 is 0. The fourth-order valence-corrected chi connectivity index (χ4v) is 1.93. The maximum absolute atomic E-state index is 9.68. The molecule has 0 heterocycles. The summed E-state index contributed by atoms with van der Waals surface area (Å²) in [5.74, 6) is 0.156. The average molecular weight is 230 g/mol. The molecule has 0 atom stereocenters. The standard InChI is InChI=1S/C15H18O2/c1-15(2,3)13-5-4-10-8-14(17)12(9-16)6-11(10)7-13/h4-8,16-17H,9H2,1-3H3. The number of aromatic hydroxyl groups is 1. The molecule has 0 spiro atoms. The molecule has 2 heteroatoms. The fourth-order valence-electron chi connectivity index (χ4n) is 1.93. The first-order valence-corrected chi connectivity index (χ1v) is 5.79. The summed E-state index contributed by atoms with van der Waals surface area (Å²) < 4.78 is 0. The van der Waals surface area contributed by atoms with Crippen LogP contribution in [0, 0.1) is 0 Å². The van der Waals surface area contributed by atoms with Crippen molar-refractivity contribution in [2.45, 2.75) is 32.8 Å². The van der Waals surface area contributed by atoms with Crippen LogP contribution in [0.4, 0.5) is 0 Å². The van der Waals surface area contributed by atoms with Gasteiger partial charge in [-0.2, -0.15) is 0 Å². The largest absolute Gasteiger partial charge is 0.508 e. The number of benzene rings is 2. The summed E-state index contributed by atoms with van der Waals surface area (Å²) in [7, 11) is 0. The van der Waals surface area contributed by atoms with E-state index >= 15 is 0 Å². The molecule has 2 N–H and O–H groups in total. The van der Waals surface area contributed by atoms with E-state index in [1.54, 1.807) is 6.07 Å². The van der Waals surface area contributed by atoms with Gasteiger partial charge in [-0.1, -0.05) is 39.0 Å². The zero-order valence-corrected chi connectivity index (χ0v) is 10.5. The zero-order valence-electron chi connectivity index (χ0n) is 10.5. The molecule has 0 aromatic heterocycles. The Hall–Kier alpha value is -1.54. The third-order valence-electron chi connectivity index (χ3n) is 3.07. The number of rotatable bonds is 1. The number of hydrogen-bond donors (Lipinski definition) is 2. The molecule has 0 amide bonds. The van der Waals surface area contributed by atoms with Crippen LogP contribution in [0.2, 0.25) is 0 Å². The molecule has 0 unspecified atom stereocenters. The quantitative estimate of drug-likeness (QED) is 0.788. The van der Waals surface area contributed by atoms with Gasteiger partial charge in [0.15, 0.2) is 0 Å². The van der Waals surface area contributed by atoms with Gasteiger partial charge in [0.2, 0.25) is 0 Å². The van der Waals surface area contributed by atoms with Crippen LogP contribution in [0.1, 0.15) is 31.9 Å². The van der Waals surface area contributed by atoms with E-state index in [-0.39, 0.29) is 17.8 Å². The molecule has 2 aromatic carbocycles. The van der Waals surface area contributed by atoms with Crippen LogP contribution in [-0.4, -0.2) is 10.2 Å². The first-order chi connectivity index (χ1) is 7.91. The smallest absolute Gasteiger partial charge is 0.121 e. The van der Waals surface area contributed by atoms with Gasteiger partial charge in [0.1, 0.15) is 5.75 Å². The highest BCUT2D eigenvalue weighted by Crippen LogP contribution is 2.29. The second-order valence-electron chi connectivity index (χ2n) is 5.45. The molecule has 0 bridgehead atoms. The van der Waals surface area contributed by atoms with Crippen LogP contribution in [0.25, 0.3) is 10.8 Å². The van der Waals surface area contributed by atoms with Gasteiger partial charge in [-0.25, -0.2) is 0 Å². The Morgan fingerprint density at radius 1 is 1.00 bits per heavy atom. The molecule has 0 saturated carbocycles. The van der Waals surface area contributed by atoms with Gasteiger partial charge in [-0.3, -0.25) is 0 Å². The predicted molar refractivity (Wildman–Crippen MR) is 70.2 cm³/mol. The van der Waals surface area contributed by atoms with Crippen molar-refractivity contribution in [2.24, 2.45) is 0 Å². The van der Waals surface area contributed by atoms with Gasteiger partial charge in [-0.05, 0) is 33.9 Å². The summed E-state index contributed by atoms with van der Waals surface area (Å²) in [6, 6.07) is 9.76. The molecule has 0 aliphatic heterocycles. The van der Waals surface area contributed by atoms with Crippen molar-refractivity contribution in [2.75, 3.05) is 0 Å². The highest BCUT2D eigenvalue weighted by Gasteiger charge is 2.14. The van der Waals surface area contributed by atoms with Gasteiger partial charge in [0, 0.05) is 5.56 Å². The summed E-state index contributed by atoms with van der Waals surface area (Å²) in [5.41, 5.74) is 1.92. The van der Waals surface area contributed by atoms with E-state index in [9.17, 15) is 5.11 Å². The van der Waals surface area contributed by atoms with Crippen LogP contribution in [0.3, 0.4) is 0 Å². The molecule has 0 fully saturated rings. The summed E-state index contributed by atoms with van der Waals surface area (Å²) in [6.07, 6.45) is 0. The Balaban J connectivity index is 2.65. The van der Waals surface area contributed by atoms with E-state index in [4.69, 9.17) is 5.11 Å². The molecule has 0 saturated heterocycles. The van der Waals surface area contributed by atoms with Gasteiger partial charge in [0.05, 0.1) is 6.61 Å². The lowest BCUT2D eigenvalue weighted by molar-refractivity contribution is 0.276. The molecule has 90 valence electrons. The van der Waals surface area contributed by atoms with Gasteiger partial charge < -0.3 is 10.2 Å². The Labute approximate surface area is 102 Å². The number of fused-ring (bicyclic) bond motifs is 1. The monoisotopic (exact) mass is 230 g/mol. The second kappa shape index (κ2) is 4.04. The topological polar surface area (TPSA) is 40.5 Å². The van der Waals surface area contributed by atoms with Crippen molar-refractivity contribution in [1.29, 1.82) is 0 Å². The van der Waals surface area contributed by atoms with Crippen LogP contribution >= 0.6 is 0 Å². The number of hydrogen-bond acceptors (Lipinski definition) is 2. The minimum Gasteiger partial charge on any atom is -0.508 e. The third kappa shape index (κ3) is 2.27. The fraction of sp³-hybridized carbons (Fsp3) is 0.333. The lowest BCUT2D eigenvalue weighted by atomic mass is 9.86. The van der Waals surface area contributed by atoms with Crippen LogP contribution in [0.5, 0.6) is 5.75 Å². The first-order valence-electron chi connectivity index (χ1n) is 5.79. The van der Waals surface area contributed by atoms with E-state index in [2.05, 4.69) is 32.9 Å². The molecule has 0 aliphatic rings. The molecular weight excluding hydrogens is 212 g/mol. The molecular formula is C15H18O2. The van der Waals surface area contributed by atoms with Crippen LogP contribution in [-0.2, 0) is 12.0 Å². The van der Waals surface area contributed by atoms with Crippen molar-refractivity contribution >= 4 is 10.8 Å². The highest BCUT2D eigenvalue weighted by molar-refractivity contribution is 5.85. The Morgan fingerprint density at radius 3 is 2.29 bits per heavy atom. The maximum atomic E-state index is 9.68. The predicted octanol–water partition coefficient (Wildman–Crippen LogP) is 3.34. The molecule has 2 nitrogen and oxygen atoms in total. The van der Waals surface area contributed by atoms with Crippen molar-refractivity contribution in [3.63, 3.8) is 0 Å². The molecule has 17 heavy (non-hydrogen) atoms. The van der Waals surface area contributed by atoms with E-state index < -0.39 is 0 Å². The van der Waals surface area contributed by atoms with Crippen molar-refractivity contribution in [3.05, 3.63) is 41.5 Å². The Kier molecular flexibility index (Phi) is 2.84. The van der Waals surface area contributed by atoms with Crippen LogP contribution in [0.15, 0.2) is 30.3 Å². The Bertz CT molecular complexity index is 551. The molecule has 0 aliphatic carbocycles. The van der Waals surface area contributed by atoms with Gasteiger partial charge in [0.25, 0.3) is 0 Å². The summed E-state index contributed by atoms with van der Waals surface area (Å²) in [6.45, 7) is 6.37. The summed E-state index contributed by atoms with van der Waals surface area (Å²) in [4.78, 5) is 0. The van der Waals surface area contributed by atoms with Crippen molar-refractivity contribution in [3.8, 4) is 5.75 Å². The summed E-state index contributed by atoms with van der Waals surface area (Å²) in [5, 5.41) is 20.9. The maximum Gasteiger partial charge on any atom is 0.121 e. The van der Waals surface area contributed by atoms with Crippen molar-refractivity contribution in [1.82, 2.24) is 0 Å². The van der Waals surface area contributed by atoms with Crippen molar-refractivity contribution < 1.29 is 10.2 Å². The second-order valence-corrected chi connectivity index (χ2v) is 5.45. The highest BCUT2D eigenvalue weighted by atomic mass is 16.3. The Morgan fingerprint density at radius 2 is 1.71 bits per heavy atom. The van der Waals surface area contributed by atoms with Gasteiger partial charge >= 0.3 is 0 Å². The minimum atomic E-state index is -0.137. The normalized spacial score (nSPS) is 12.0. The van der Waals surface area contributed by atoms with E-state index in [0.717, 1.165) is 10.8 Å². The lowest BCUT2D eigenvalue weighted by Crippen LogP contribution is -2.10. The lowest BCUT2D eigenvalue weighted by Gasteiger charge is -2.19. The SMILES string of the molecule is CC(C)(C)c1ccc2cc(O)c(CO)cc2c1. The first kappa shape index (κ1) is 11.9. The molecule has 2 rings (SSSR count). The molecule has 2 aromatic rings. The number of phenols is 1.